The van der Waals surface area contributed by atoms with E-state index in [9.17, 15) is 14.4 Å². The number of amides is 2. The number of hydrogen-bond donors (Lipinski definition) is 1. The van der Waals surface area contributed by atoms with E-state index in [1.165, 1.54) is 4.90 Å². The molecule has 108 valence electrons. The van der Waals surface area contributed by atoms with Gasteiger partial charge in [0.2, 0.25) is 11.8 Å². The van der Waals surface area contributed by atoms with Crippen LogP contribution >= 0.6 is 0 Å². The zero-order valence-corrected chi connectivity index (χ0v) is 11.8. The number of carbonyl (C=O) groups is 3. The first-order chi connectivity index (χ1) is 8.70. The Morgan fingerprint density at radius 3 is 2.42 bits per heavy atom. The van der Waals surface area contributed by atoms with E-state index in [0.717, 1.165) is 6.42 Å². The van der Waals surface area contributed by atoms with Crippen molar-refractivity contribution in [1.82, 2.24) is 4.90 Å². The number of likely N-dealkylation sites (tertiary alicyclic amines) is 1. The Bertz CT molecular complexity index is 373. The lowest BCUT2D eigenvalue weighted by Gasteiger charge is -2.23. The van der Waals surface area contributed by atoms with Crippen molar-refractivity contribution < 1.29 is 19.1 Å². The summed E-state index contributed by atoms with van der Waals surface area (Å²) in [4.78, 5) is 36.1. The van der Waals surface area contributed by atoms with Crippen molar-refractivity contribution in [2.24, 2.45) is 5.73 Å². The van der Waals surface area contributed by atoms with Crippen molar-refractivity contribution in [3.8, 4) is 0 Å². The Kier molecular flexibility index (Phi) is 4.91. The van der Waals surface area contributed by atoms with Crippen LogP contribution < -0.4 is 5.73 Å². The molecule has 0 aromatic rings. The van der Waals surface area contributed by atoms with Crippen molar-refractivity contribution in [2.75, 3.05) is 6.54 Å². The molecule has 6 heteroatoms. The normalized spacial score (nSPS) is 19.3. The Morgan fingerprint density at radius 2 is 1.89 bits per heavy atom. The third-order valence-corrected chi connectivity index (χ3v) is 2.86. The molecule has 1 aliphatic rings. The Hall–Kier alpha value is -1.59. The molecule has 0 spiro atoms. The summed E-state index contributed by atoms with van der Waals surface area (Å²) in [5.74, 6) is -1.11. The largest absolute Gasteiger partial charge is 0.460 e. The van der Waals surface area contributed by atoms with Crippen LogP contribution in [0.4, 0.5) is 0 Å². The molecule has 0 unspecified atom stereocenters. The van der Waals surface area contributed by atoms with Crippen LogP contribution in [-0.4, -0.2) is 40.9 Å². The second kappa shape index (κ2) is 6.04. The SMILES string of the molecule is CC(C)(C)OC(=O)CCC(=O)N1CCC[C@H]1C(N)=O. The molecule has 0 saturated carbocycles. The van der Waals surface area contributed by atoms with Crippen LogP contribution in [0.1, 0.15) is 46.5 Å². The fraction of sp³-hybridized carbons (Fsp3) is 0.769. The predicted octanol–water partition coefficient (Wildman–Crippen LogP) is 0.585. The third kappa shape index (κ3) is 4.89. The number of hydrogen-bond acceptors (Lipinski definition) is 4. The minimum absolute atomic E-state index is 0.0259. The number of carbonyl (C=O) groups excluding carboxylic acids is 3. The molecule has 0 aromatic carbocycles. The van der Waals surface area contributed by atoms with E-state index in [0.29, 0.717) is 13.0 Å². The summed E-state index contributed by atoms with van der Waals surface area (Å²) in [6.07, 6.45) is 1.45. The van der Waals surface area contributed by atoms with E-state index in [4.69, 9.17) is 10.5 Å². The fourth-order valence-electron chi connectivity index (χ4n) is 2.11. The smallest absolute Gasteiger partial charge is 0.306 e. The van der Waals surface area contributed by atoms with Crippen molar-refractivity contribution in [1.29, 1.82) is 0 Å². The highest BCUT2D eigenvalue weighted by atomic mass is 16.6. The average molecular weight is 270 g/mol. The second-order valence-electron chi connectivity index (χ2n) is 5.73. The number of nitrogens with zero attached hydrogens (tertiary/aromatic N) is 1. The molecule has 6 nitrogen and oxygen atoms in total. The topological polar surface area (TPSA) is 89.7 Å². The maximum absolute atomic E-state index is 11.9. The highest BCUT2D eigenvalue weighted by Crippen LogP contribution is 2.18. The molecule has 2 N–H and O–H groups in total. The zero-order valence-electron chi connectivity index (χ0n) is 11.8. The van der Waals surface area contributed by atoms with E-state index in [-0.39, 0.29) is 18.7 Å². The minimum Gasteiger partial charge on any atom is -0.460 e. The van der Waals surface area contributed by atoms with Gasteiger partial charge in [-0.2, -0.15) is 0 Å². The standard InChI is InChI=1S/C13H22N2O4/c1-13(2,3)19-11(17)7-6-10(16)15-8-4-5-9(15)12(14)18/h9H,4-8H2,1-3H3,(H2,14,18)/t9-/m0/s1. The van der Waals surface area contributed by atoms with Gasteiger partial charge in [0.25, 0.3) is 0 Å². The third-order valence-electron chi connectivity index (χ3n) is 2.86. The molecule has 1 atom stereocenters. The van der Waals surface area contributed by atoms with Crippen molar-refractivity contribution in [2.45, 2.75) is 58.1 Å². The summed E-state index contributed by atoms with van der Waals surface area (Å²) in [5, 5.41) is 0. The van der Waals surface area contributed by atoms with E-state index in [2.05, 4.69) is 0 Å². The van der Waals surface area contributed by atoms with Gasteiger partial charge in [-0.1, -0.05) is 0 Å². The van der Waals surface area contributed by atoms with Gasteiger partial charge in [-0.25, -0.2) is 0 Å². The highest BCUT2D eigenvalue weighted by Gasteiger charge is 2.32. The van der Waals surface area contributed by atoms with Crippen LogP contribution in [0.2, 0.25) is 0 Å². The number of primary amides is 1. The van der Waals surface area contributed by atoms with E-state index in [1.807, 2.05) is 0 Å². The predicted molar refractivity (Wildman–Crippen MR) is 69.0 cm³/mol. The van der Waals surface area contributed by atoms with E-state index < -0.39 is 23.5 Å². The van der Waals surface area contributed by atoms with Gasteiger partial charge in [-0.15, -0.1) is 0 Å². The number of esters is 1. The molecule has 19 heavy (non-hydrogen) atoms. The molecule has 2 amide bonds. The van der Waals surface area contributed by atoms with Crippen LogP contribution in [0.3, 0.4) is 0 Å². The summed E-state index contributed by atoms with van der Waals surface area (Å²) in [5.41, 5.74) is 4.69. The number of nitrogens with two attached hydrogens (primary N) is 1. The zero-order chi connectivity index (χ0) is 14.6. The van der Waals surface area contributed by atoms with Gasteiger partial charge < -0.3 is 15.4 Å². The minimum atomic E-state index is -0.552. The monoisotopic (exact) mass is 270 g/mol. The van der Waals surface area contributed by atoms with E-state index in [1.54, 1.807) is 20.8 Å². The summed E-state index contributed by atoms with van der Waals surface area (Å²) in [7, 11) is 0. The molecular weight excluding hydrogens is 248 g/mol. The lowest BCUT2D eigenvalue weighted by molar-refractivity contribution is -0.156. The van der Waals surface area contributed by atoms with Crippen LogP contribution in [-0.2, 0) is 19.1 Å². The maximum Gasteiger partial charge on any atom is 0.306 e. The van der Waals surface area contributed by atoms with Gasteiger partial charge in [-0.3, -0.25) is 14.4 Å². The van der Waals surface area contributed by atoms with Crippen LogP contribution in [0.25, 0.3) is 0 Å². The van der Waals surface area contributed by atoms with E-state index >= 15 is 0 Å². The van der Waals surface area contributed by atoms with Gasteiger partial charge in [0, 0.05) is 13.0 Å². The molecular formula is C13H22N2O4. The number of rotatable bonds is 4. The van der Waals surface area contributed by atoms with Crippen molar-refractivity contribution in [3.63, 3.8) is 0 Å². The number of ether oxygens (including phenoxy) is 1. The van der Waals surface area contributed by atoms with Crippen LogP contribution in [0.5, 0.6) is 0 Å². The first kappa shape index (κ1) is 15.5. The van der Waals surface area contributed by atoms with Gasteiger partial charge in [-0.05, 0) is 33.6 Å². The lowest BCUT2D eigenvalue weighted by Crippen LogP contribution is -2.43. The lowest BCUT2D eigenvalue weighted by atomic mass is 10.2. The van der Waals surface area contributed by atoms with Crippen LogP contribution in [0.15, 0.2) is 0 Å². The van der Waals surface area contributed by atoms with Crippen LogP contribution in [0, 0.1) is 0 Å². The highest BCUT2D eigenvalue weighted by molar-refractivity contribution is 5.88. The molecule has 0 aromatic heterocycles. The summed E-state index contributed by atoms with van der Waals surface area (Å²) < 4.78 is 5.12. The Balaban J connectivity index is 2.43. The molecule has 1 rings (SSSR count). The maximum atomic E-state index is 11.9. The molecule has 1 heterocycles. The fourth-order valence-corrected chi connectivity index (χ4v) is 2.11. The summed E-state index contributed by atoms with van der Waals surface area (Å²) >= 11 is 0. The van der Waals surface area contributed by atoms with Gasteiger partial charge >= 0.3 is 5.97 Å². The molecule has 0 bridgehead atoms. The summed E-state index contributed by atoms with van der Waals surface area (Å²) in [6, 6.07) is -0.522. The van der Waals surface area contributed by atoms with Gasteiger partial charge in [0.05, 0.1) is 6.42 Å². The molecule has 1 fully saturated rings. The summed E-state index contributed by atoms with van der Waals surface area (Å²) in [6.45, 7) is 5.85. The molecule has 1 saturated heterocycles. The molecule has 0 aliphatic carbocycles. The van der Waals surface area contributed by atoms with Gasteiger partial charge in [0.1, 0.15) is 11.6 Å². The first-order valence-electron chi connectivity index (χ1n) is 6.51. The van der Waals surface area contributed by atoms with Crippen molar-refractivity contribution >= 4 is 17.8 Å². The second-order valence-corrected chi connectivity index (χ2v) is 5.73. The quantitative estimate of drug-likeness (QED) is 0.757. The average Bonchev–Trinajstić information content (AvgIpc) is 2.72. The Morgan fingerprint density at radius 1 is 1.26 bits per heavy atom. The Labute approximate surface area is 113 Å². The van der Waals surface area contributed by atoms with Gasteiger partial charge in [0.15, 0.2) is 0 Å². The molecule has 0 radical (unpaired) electrons. The van der Waals surface area contributed by atoms with Crippen molar-refractivity contribution in [3.05, 3.63) is 0 Å². The first-order valence-corrected chi connectivity index (χ1v) is 6.51. The molecule has 1 aliphatic heterocycles.